The van der Waals surface area contributed by atoms with Crippen LogP contribution in [0.5, 0.6) is 23.0 Å². The Morgan fingerprint density at radius 1 is 0.947 bits per heavy atom. The van der Waals surface area contributed by atoms with Gasteiger partial charge in [0, 0.05) is 15.6 Å². The molecule has 3 aromatic rings. The monoisotopic (exact) mass is 603 g/mol. The first-order valence-electron chi connectivity index (χ1n) is 10.9. The quantitative estimate of drug-likeness (QED) is 0.154. The number of hydrazone groups is 1. The summed E-state index contributed by atoms with van der Waals surface area (Å²) in [6.07, 6.45) is 1.30. The van der Waals surface area contributed by atoms with E-state index in [0.717, 1.165) is 0 Å². The molecule has 0 spiro atoms. The van der Waals surface area contributed by atoms with E-state index in [4.69, 9.17) is 30.5 Å². The molecule has 0 bridgehead atoms. The summed E-state index contributed by atoms with van der Waals surface area (Å²) >= 11 is 9.42. The third kappa shape index (κ3) is 7.24. The summed E-state index contributed by atoms with van der Waals surface area (Å²) in [7, 11) is 4.31. The van der Waals surface area contributed by atoms with Gasteiger partial charge in [-0.3, -0.25) is 9.59 Å². The fraction of sp³-hybridized carbons (Fsp3) is 0.154. The maximum atomic E-state index is 12.6. The molecule has 0 aliphatic carbocycles. The van der Waals surface area contributed by atoms with Gasteiger partial charge in [-0.1, -0.05) is 39.7 Å². The lowest BCUT2D eigenvalue weighted by Gasteiger charge is -2.14. The number of hydrogen-bond acceptors (Lipinski definition) is 8. The van der Waals surface area contributed by atoms with E-state index >= 15 is 0 Å². The number of amides is 2. The molecule has 3 rings (SSSR count). The molecule has 0 saturated carbocycles. The Hall–Kier alpha value is -4.09. The van der Waals surface area contributed by atoms with Crippen LogP contribution in [0.25, 0.3) is 0 Å². The Kier molecular flexibility index (Phi) is 10.1. The Bertz CT molecular complexity index is 1360. The lowest BCUT2D eigenvalue weighted by Crippen LogP contribution is -2.35. The third-order valence-corrected chi connectivity index (χ3v) is 5.82. The van der Waals surface area contributed by atoms with Gasteiger partial charge in [0.15, 0.2) is 11.5 Å². The van der Waals surface area contributed by atoms with Gasteiger partial charge in [0.25, 0.3) is 11.8 Å². The molecule has 2 N–H and O–H groups in total. The first-order valence-corrected chi connectivity index (χ1v) is 12.1. The van der Waals surface area contributed by atoms with Crippen LogP contribution in [0.3, 0.4) is 0 Å². The van der Waals surface area contributed by atoms with Crippen molar-refractivity contribution in [2.24, 2.45) is 5.10 Å². The molecule has 0 radical (unpaired) electrons. The van der Waals surface area contributed by atoms with E-state index in [0.29, 0.717) is 27.3 Å². The van der Waals surface area contributed by atoms with E-state index in [1.807, 2.05) is 0 Å². The van der Waals surface area contributed by atoms with Gasteiger partial charge in [-0.05, 0) is 42.5 Å². The van der Waals surface area contributed by atoms with Crippen molar-refractivity contribution in [1.29, 1.82) is 0 Å². The van der Waals surface area contributed by atoms with Crippen LogP contribution < -0.4 is 29.7 Å². The molecular weight excluding hydrogens is 582 g/mol. The van der Waals surface area contributed by atoms with E-state index in [2.05, 4.69) is 31.8 Å². The van der Waals surface area contributed by atoms with Crippen LogP contribution in [-0.2, 0) is 4.79 Å². The van der Waals surface area contributed by atoms with Crippen LogP contribution in [0.2, 0.25) is 5.02 Å². The highest BCUT2D eigenvalue weighted by Crippen LogP contribution is 2.38. The average molecular weight is 605 g/mol. The minimum Gasteiger partial charge on any atom is -0.493 e. The number of carbonyl (C=O) groups excluding carboxylic acids is 3. The van der Waals surface area contributed by atoms with E-state index in [9.17, 15) is 14.4 Å². The van der Waals surface area contributed by atoms with E-state index in [-0.39, 0.29) is 28.4 Å². The van der Waals surface area contributed by atoms with Gasteiger partial charge in [-0.25, -0.2) is 10.2 Å². The summed E-state index contributed by atoms with van der Waals surface area (Å²) < 4.78 is 21.9. The smallest absolute Gasteiger partial charge is 0.345 e. The molecule has 0 aromatic heterocycles. The van der Waals surface area contributed by atoms with Gasteiger partial charge in [-0.15, -0.1) is 0 Å². The minimum atomic E-state index is -0.647. The predicted octanol–water partition coefficient (Wildman–Crippen LogP) is 4.23. The fourth-order valence-electron chi connectivity index (χ4n) is 3.18. The second kappa shape index (κ2) is 13.5. The Balaban J connectivity index is 1.63. The molecule has 38 heavy (non-hydrogen) atoms. The maximum Gasteiger partial charge on any atom is 0.345 e. The first-order chi connectivity index (χ1) is 18.3. The molecule has 0 atom stereocenters. The zero-order valence-electron chi connectivity index (χ0n) is 20.5. The van der Waals surface area contributed by atoms with Gasteiger partial charge >= 0.3 is 5.97 Å². The summed E-state index contributed by atoms with van der Waals surface area (Å²) in [6.45, 7) is -0.361. The highest BCUT2D eigenvalue weighted by Gasteiger charge is 2.18. The molecule has 198 valence electrons. The lowest BCUT2D eigenvalue weighted by molar-refractivity contribution is -0.120. The molecule has 0 saturated heterocycles. The van der Waals surface area contributed by atoms with Crippen LogP contribution in [0, 0.1) is 0 Å². The molecule has 0 aliphatic heterocycles. The lowest BCUT2D eigenvalue weighted by atomic mass is 10.1. The summed E-state index contributed by atoms with van der Waals surface area (Å²) in [6, 6.07) is 14.3. The topological polar surface area (TPSA) is 125 Å². The summed E-state index contributed by atoms with van der Waals surface area (Å²) in [4.78, 5) is 37.4. The van der Waals surface area contributed by atoms with Crippen molar-refractivity contribution in [2.45, 2.75) is 0 Å². The molecule has 2 amide bonds. The van der Waals surface area contributed by atoms with Crippen molar-refractivity contribution in [3.05, 3.63) is 80.8 Å². The normalized spacial score (nSPS) is 10.6. The Morgan fingerprint density at radius 2 is 1.63 bits per heavy atom. The number of esters is 1. The average Bonchev–Trinajstić information content (AvgIpc) is 2.92. The Labute approximate surface area is 232 Å². The van der Waals surface area contributed by atoms with Crippen LogP contribution in [0.1, 0.15) is 26.3 Å². The van der Waals surface area contributed by atoms with Gasteiger partial charge < -0.3 is 24.3 Å². The maximum absolute atomic E-state index is 12.6. The molecular formula is C26H23BrClN3O7. The van der Waals surface area contributed by atoms with E-state index in [1.54, 1.807) is 42.5 Å². The van der Waals surface area contributed by atoms with Gasteiger partial charge in [0.2, 0.25) is 5.75 Å². The summed E-state index contributed by atoms with van der Waals surface area (Å²) in [5, 5.41) is 6.65. The van der Waals surface area contributed by atoms with Gasteiger partial charge in [-0.2, -0.15) is 5.10 Å². The zero-order valence-corrected chi connectivity index (χ0v) is 22.9. The number of nitrogens with zero attached hydrogens (tertiary/aromatic N) is 1. The number of hydrogen-bond donors (Lipinski definition) is 2. The molecule has 0 heterocycles. The van der Waals surface area contributed by atoms with Crippen molar-refractivity contribution < 1.29 is 33.3 Å². The van der Waals surface area contributed by atoms with Crippen LogP contribution in [-0.4, -0.2) is 51.9 Å². The van der Waals surface area contributed by atoms with Gasteiger partial charge in [0.1, 0.15) is 5.75 Å². The highest BCUT2D eigenvalue weighted by atomic mass is 79.9. The number of ether oxygens (including phenoxy) is 4. The first kappa shape index (κ1) is 28.5. The highest BCUT2D eigenvalue weighted by molar-refractivity contribution is 9.10. The van der Waals surface area contributed by atoms with Crippen molar-refractivity contribution in [2.75, 3.05) is 27.9 Å². The van der Waals surface area contributed by atoms with Crippen LogP contribution in [0.15, 0.2) is 64.2 Å². The van der Waals surface area contributed by atoms with E-state index < -0.39 is 17.8 Å². The molecule has 10 nitrogen and oxygen atoms in total. The molecule has 0 fully saturated rings. The van der Waals surface area contributed by atoms with Gasteiger partial charge in [0.05, 0.1) is 44.7 Å². The number of benzene rings is 3. The molecule has 0 aliphatic rings. The predicted molar refractivity (Wildman–Crippen MR) is 145 cm³/mol. The Morgan fingerprint density at radius 3 is 2.26 bits per heavy atom. The number of halogens is 2. The molecule has 12 heteroatoms. The van der Waals surface area contributed by atoms with E-state index in [1.165, 1.54) is 39.7 Å². The largest absolute Gasteiger partial charge is 0.493 e. The number of methoxy groups -OCH3 is 3. The zero-order chi connectivity index (χ0) is 27.7. The van der Waals surface area contributed by atoms with Crippen LogP contribution in [0.4, 0.5) is 0 Å². The molecule has 3 aromatic carbocycles. The summed E-state index contributed by atoms with van der Waals surface area (Å²) in [5.41, 5.74) is 3.12. The summed E-state index contributed by atoms with van der Waals surface area (Å²) in [5.74, 6) is -0.644. The van der Waals surface area contributed by atoms with Crippen molar-refractivity contribution >= 4 is 51.5 Å². The van der Waals surface area contributed by atoms with Crippen LogP contribution >= 0.6 is 27.5 Å². The van der Waals surface area contributed by atoms with Crippen molar-refractivity contribution in [1.82, 2.24) is 10.7 Å². The van der Waals surface area contributed by atoms with Crippen molar-refractivity contribution in [3.8, 4) is 23.0 Å². The second-order valence-corrected chi connectivity index (χ2v) is 8.76. The standard InChI is InChI=1S/C26H23BrClN3O7/c1-35-21-11-15(12-22(36-2)24(21)37-3)25(33)29-14-23(32)31-30-13-16-10-17(27)8-9-20(16)38-26(34)18-6-4-5-7-19(18)28/h4-13H,14H2,1-3H3,(H,29,33)(H,31,32)/b30-13+. The SMILES string of the molecule is COc1cc(C(=O)NCC(=O)N/N=C/c2cc(Br)ccc2OC(=O)c2ccccc2Cl)cc(OC)c1OC. The second-order valence-electron chi connectivity index (χ2n) is 7.44. The number of nitrogens with one attached hydrogen (secondary N) is 2. The third-order valence-electron chi connectivity index (χ3n) is 5.00. The number of rotatable bonds is 10. The molecule has 0 unspecified atom stereocenters. The fourth-order valence-corrected chi connectivity index (χ4v) is 3.77. The van der Waals surface area contributed by atoms with Crippen molar-refractivity contribution in [3.63, 3.8) is 0 Å². The number of carbonyl (C=O) groups is 3. The minimum absolute atomic E-state index is 0.201.